The van der Waals surface area contributed by atoms with Gasteiger partial charge in [-0.05, 0) is 18.6 Å². The van der Waals surface area contributed by atoms with Gasteiger partial charge in [0.15, 0.2) is 5.78 Å². The van der Waals surface area contributed by atoms with Crippen LogP contribution in [0.15, 0.2) is 12.1 Å². The molecule has 0 spiro atoms. The molecule has 1 amide bonds. The van der Waals surface area contributed by atoms with Crippen LogP contribution in [0.3, 0.4) is 0 Å². The zero-order valence-electron chi connectivity index (χ0n) is 10.3. The number of ketones is 1. The third kappa shape index (κ3) is 2.20. The van der Waals surface area contributed by atoms with Crippen molar-refractivity contribution in [1.29, 1.82) is 0 Å². The first-order chi connectivity index (χ1) is 8.54. The smallest absolute Gasteiger partial charge is 0.223 e. The monoisotopic (exact) mass is 267 g/mol. The van der Waals surface area contributed by atoms with Crippen LogP contribution < -0.4 is 9.64 Å². The molecule has 4 nitrogen and oxygen atoms in total. The van der Waals surface area contributed by atoms with Crippen molar-refractivity contribution in [2.45, 2.75) is 19.8 Å². The fraction of sp³-hybridized carbons (Fsp3) is 0.385. The summed E-state index contributed by atoms with van der Waals surface area (Å²) in [4.78, 5) is 25.2. The van der Waals surface area contributed by atoms with Crippen LogP contribution in [0, 0.1) is 0 Å². The van der Waals surface area contributed by atoms with Crippen LogP contribution in [0.1, 0.15) is 30.1 Å². The number of hydrogen-bond acceptors (Lipinski definition) is 3. The number of benzene rings is 1. The Balaban J connectivity index is 2.61. The second-order valence-electron chi connectivity index (χ2n) is 4.20. The van der Waals surface area contributed by atoms with Crippen molar-refractivity contribution < 1.29 is 14.3 Å². The Kier molecular flexibility index (Phi) is 3.57. The largest absolute Gasteiger partial charge is 0.495 e. The summed E-state index contributed by atoms with van der Waals surface area (Å²) in [6, 6.07) is 3.24. The summed E-state index contributed by atoms with van der Waals surface area (Å²) in [5, 5.41) is 0.400. The molecule has 0 bridgehead atoms. The average molecular weight is 268 g/mol. The third-order valence-corrected chi connectivity index (χ3v) is 3.32. The molecule has 1 heterocycles. The van der Waals surface area contributed by atoms with Gasteiger partial charge in [-0.2, -0.15) is 0 Å². The Morgan fingerprint density at radius 1 is 1.44 bits per heavy atom. The molecule has 18 heavy (non-hydrogen) atoms. The average Bonchev–Trinajstić information content (AvgIpc) is 2.48. The van der Waals surface area contributed by atoms with Crippen LogP contribution in [0.4, 0.5) is 5.69 Å². The van der Waals surface area contributed by atoms with E-state index in [-0.39, 0.29) is 11.7 Å². The van der Waals surface area contributed by atoms with Gasteiger partial charge in [0, 0.05) is 25.5 Å². The molecule has 96 valence electrons. The predicted octanol–water partition coefficient (Wildman–Crippen LogP) is 2.68. The molecule has 1 aromatic rings. The topological polar surface area (TPSA) is 46.6 Å². The van der Waals surface area contributed by atoms with E-state index in [9.17, 15) is 9.59 Å². The molecule has 0 atom stereocenters. The van der Waals surface area contributed by atoms with Crippen molar-refractivity contribution in [3.05, 3.63) is 22.7 Å². The normalized spacial score (nSPS) is 15.1. The quantitative estimate of drug-likeness (QED) is 0.786. The molecule has 2 rings (SSSR count). The van der Waals surface area contributed by atoms with E-state index >= 15 is 0 Å². The summed E-state index contributed by atoms with van der Waals surface area (Å²) in [5.41, 5.74) is 1.08. The van der Waals surface area contributed by atoms with Crippen LogP contribution in [-0.4, -0.2) is 25.3 Å². The molecule has 0 aliphatic carbocycles. The molecular formula is C13H14ClNO3. The van der Waals surface area contributed by atoms with Gasteiger partial charge < -0.3 is 9.64 Å². The summed E-state index contributed by atoms with van der Waals surface area (Å²) in [5.74, 6) is 0.380. The first kappa shape index (κ1) is 12.9. The van der Waals surface area contributed by atoms with Crippen molar-refractivity contribution >= 4 is 29.0 Å². The molecule has 1 aromatic carbocycles. The van der Waals surface area contributed by atoms with Crippen LogP contribution >= 0.6 is 11.6 Å². The van der Waals surface area contributed by atoms with Crippen LogP contribution in [-0.2, 0) is 4.79 Å². The predicted molar refractivity (Wildman–Crippen MR) is 69.6 cm³/mol. The zero-order valence-corrected chi connectivity index (χ0v) is 11.1. The van der Waals surface area contributed by atoms with Gasteiger partial charge in [0.05, 0.1) is 17.8 Å². The Labute approximate surface area is 110 Å². The lowest BCUT2D eigenvalue weighted by Gasteiger charge is -2.21. The first-order valence-electron chi connectivity index (χ1n) is 5.73. The molecule has 0 saturated heterocycles. The highest BCUT2D eigenvalue weighted by Crippen LogP contribution is 2.35. The van der Waals surface area contributed by atoms with E-state index in [1.54, 1.807) is 17.0 Å². The molecule has 0 fully saturated rings. The van der Waals surface area contributed by atoms with Crippen LogP contribution in [0.25, 0.3) is 0 Å². The number of ether oxygens (including phenoxy) is 1. The summed E-state index contributed by atoms with van der Waals surface area (Å²) < 4.78 is 5.11. The highest BCUT2D eigenvalue weighted by molar-refractivity contribution is 6.32. The van der Waals surface area contributed by atoms with Gasteiger partial charge >= 0.3 is 0 Å². The van der Waals surface area contributed by atoms with Gasteiger partial charge in [-0.25, -0.2) is 0 Å². The molecular weight excluding hydrogens is 254 g/mol. The second kappa shape index (κ2) is 4.98. The number of halogens is 1. The molecule has 0 aromatic heterocycles. The van der Waals surface area contributed by atoms with E-state index in [4.69, 9.17) is 16.3 Å². The van der Waals surface area contributed by atoms with Crippen LogP contribution in [0.2, 0.25) is 5.02 Å². The SMILES string of the molecule is COc1cc2c(cc1Cl)N(C(C)=O)CCCC2=O. The number of amides is 1. The number of anilines is 1. The van der Waals surface area contributed by atoms with Gasteiger partial charge in [-0.3, -0.25) is 9.59 Å². The van der Waals surface area contributed by atoms with Gasteiger partial charge in [-0.1, -0.05) is 11.6 Å². The summed E-state index contributed by atoms with van der Waals surface area (Å²) in [6.07, 6.45) is 1.09. The van der Waals surface area contributed by atoms with Crippen molar-refractivity contribution in [3.63, 3.8) is 0 Å². The number of fused-ring (bicyclic) bond motifs is 1. The number of Topliss-reactive ketones (excluding diaryl/α,β-unsaturated/α-hetero) is 1. The number of hydrogen-bond donors (Lipinski definition) is 0. The molecule has 0 N–H and O–H groups in total. The Morgan fingerprint density at radius 2 is 2.17 bits per heavy atom. The number of nitrogens with zero attached hydrogens (tertiary/aromatic N) is 1. The van der Waals surface area contributed by atoms with E-state index in [0.29, 0.717) is 41.4 Å². The Hall–Kier alpha value is -1.55. The maximum Gasteiger partial charge on any atom is 0.223 e. The first-order valence-corrected chi connectivity index (χ1v) is 6.11. The maximum absolute atomic E-state index is 12.0. The lowest BCUT2D eigenvalue weighted by Crippen LogP contribution is -2.29. The molecule has 1 aliphatic heterocycles. The minimum absolute atomic E-state index is 0.0173. The van der Waals surface area contributed by atoms with Gasteiger partial charge in [-0.15, -0.1) is 0 Å². The number of carbonyl (C=O) groups excluding carboxylic acids is 2. The van der Waals surface area contributed by atoms with Gasteiger partial charge in [0.2, 0.25) is 5.91 Å². The van der Waals surface area contributed by atoms with Gasteiger partial charge in [0.1, 0.15) is 5.75 Å². The number of methoxy groups -OCH3 is 1. The molecule has 0 saturated carbocycles. The van der Waals surface area contributed by atoms with E-state index < -0.39 is 0 Å². The lowest BCUT2D eigenvalue weighted by atomic mass is 10.1. The molecule has 0 radical (unpaired) electrons. The summed E-state index contributed by atoms with van der Waals surface area (Å²) >= 11 is 6.06. The van der Waals surface area contributed by atoms with E-state index in [1.807, 2.05) is 0 Å². The Morgan fingerprint density at radius 3 is 2.78 bits per heavy atom. The maximum atomic E-state index is 12.0. The number of rotatable bonds is 1. The third-order valence-electron chi connectivity index (χ3n) is 3.03. The van der Waals surface area contributed by atoms with Crippen molar-refractivity contribution in [1.82, 2.24) is 0 Å². The highest BCUT2D eigenvalue weighted by Gasteiger charge is 2.25. The summed E-state index contributed by atoms with van der Waals surface area (Å²) in [6.45, 7) is 2.02. The number of carbonyl (C=O) groups is 2. The molecule has 5 heteroatoms. The zero-order chi connectivity index (χ0) is 13.3. The van der Waals surface area contributed by atoms with Crippen molar-refractivity contribution in [2.24, 2.45) is 0 Å². The fourth-order valence-electron chi connectivity index (χ4n) is 2.13. The minimum atomic E-state index is -0.0906. The second-order valence-corrected chi connectivity index (χ2v) is 4.61. The van der Waals surface area contributed by atoms with Crippen LogP contribution in [0.5, 0.6) is 5.75 Å². The van der Waals surface area contributed by atoms with E-state index in [1.165, 1.54) is 14.0 Å². The molecule has 0 unspecified atom stereocenters. The van der Waals surface area contributed by atoms with E-state index in [0.717, 1.165) is 0 Å². The van der Waals surface area contributed by atoms with Crippen molar-refractivity contribution in [2.75, 3.05) is 18.6 Å². The minimum Gasteiger partial charge on any atom is -0.495 e. The fourth-order valence-corrected chi connectivity index (χ4v) is 2.36. The molecule has 1 aliphatic rings. The Bertz CT molecular complexity index is 513. The standard InChI is InChI=1S/C13H14ClNO3/c1-8(16)15-5-3-4-12(17)9-6-13(18-2)10(14)7-11(9)15/h6-7H,3-5H2,1-2H3. The van der Waals surface area contributed by atoms with Crippen molar-refractivity contribution in [3.8, 4) is 5.75 Å². The van der Waals surface area contributed by atoms with Gasteiger partial charge in [0.25, 0.3) is 0 Å². The summed E-state index contributed by atoms with van der Waals surface area (Å²) in [7, 11) is 1.50. The highest BCUT2D eigenvalue weighted by atomic mass is 35.5. The lowest BCUT2D eigenvalue weighted by molar-refractivity contribution is -0.116. The van der Waals surface area contributed by atoms with E-state index in [2.05, 4.69) is 0 Å².